The molecule has 3 nitrogen and oxygen atoms in total. The van der Waals surface area contributed by atoms with Crippen LogP contribution in [-0.4, -0.2) is 18.1 Å². The fraction of sp³-hybridized carbons (Fsp3) is 0.167. The van der Waals surface area contributed by atoms with Gasteiger partial charge in [0.15, 0.2) is 0 Å². The van der Waals surface area contributed by atoms with Crippen LogP contribution in [0, 0.1) is 6.92 Å². The van der Waals surface area contributed by atoms with E-state index < -0.39 is 5.97 Å². The van der Waals surface area contributed by atoms with Crippen molar-refractivity contribution < 1.29 is 9.53 Å². The highest BCUT2D eigenvalue weighted by atomic mass is 35.5. The van der Waals surface area contributed by atoms with Crippen molar-refractivity contribution in [3.05, 3.63) is 40.5 Å². The van der Waals surface area contributed by atoms with Crippen molar-refractivity contribution in [2.45, 2.75) is 6.92 Å². The van der Waals surface area contributed by atoms with E-state index in [0.717, 1.165) is 10.9 Å². The fourth-order valence-electron chi connectivity index (χ4n) is 1.58. The lowest BCUT2D eigenvalue weighted by molar-refractivity contribution is 0.0603. The molecule has 0 aliphatic heterocycles. The van der Waals surface area contributed by atoms with Gasteiger partial charge in [-0.3, -0.25) is 4.98 Å². The Kier molecular flexibility index (Phi) is 4.32. The third kappa shape index (κ3) is 2.51. The highest BCUT2D eigenvalue weighted by Crippen LogP contribution is 2.25. The number of halogens is 2. The van der Waals surface area contributed by atoms with Crippen LogP contribution < -0.4 is 0 Å². The summed E-state index contributed by atoms with van der Waals surface area (Å²) in [5.74, 6) is -0.466. The number of hydrogen-bond donors (Lipinski definition) is 0. The molecule has 0 amide bonds. The van der Waals surface area contributed by atoms with Crippen LogP contribution >= 0.6 is 24.0 Å². The van der Waals surface area contributed by atoms with E-state index in [4.69, 9.17) is 16.3 Å². The number of hydrogen-bond acceptors (Lipinski definition) is 3. The third-order valence-electron chi connectivity index (χ3n) is 2.33. The quantitative estimate of drug-likeness (QED) is 0.747. The molecule has 0 bridgehead atoms. The first-order valence-corrected chi connectivity index (χ1v) is 5.14. The number of fused-ring (bicyclic) bond motifs is 1. The number of carbonyl (C=O) groups is 1. The van der Waals surface area contributed by atoms with E-state index in [9.17, 15) is 4.79 Å². The number of esters is 1. The zero-order valence-electron chi connectivity index (χ0n) is 9.36. The molecule has 1 heterocycles. The van der Waals surface area contributed by atoms with Gasteiger partial charge in [0, 0.05) is 11.6 Å². The molecule has 0 N–H and O–H groups in total. The number of ether oxygens (including phenoxy) is 1. The van der Waals surface area contributed by atoms with Gasteiger partial charge < -0.3 is 4.74 Å². The van der Waals surface area contributed by atoms with Crippen molar-refractivity contribution in [1.82, 2.24) is 4.98 Å². The highest BCUT2D eigenvalue weighted by Gasteiger charge is 2.15. The van der Waals surface area contributed by atoms with Crippen LogP contribution in [0.3, 0.4) is 0 Å². The molecule has 1 aromatic heterocycles. The topological polar surface area (TPSA) is 39.2 Å². The summed E-state index contributed by atoms with van der Waals surface area (Å²) in [4.78, 5) is 15.8. The lowest BCUT2D eigenvalue weighted by Crippen LogP contribution is -2.04. The number of benzene rings is 1. The molecule has 0 aliphatic rings. The SMILES string of the molecule is COC(=O)c1c(Cl)ccc2cc(C)cnc12.Cl. The molecule has 0 saturated carbocycles. The lowest BCUT2D eigenvalue weighted by Gasteiger charge is -2.06. The maximum Gasteiger partial charge on any atom is 0.341 e. The van der Waals surface area contributed by atoms with Crippen LogP contribution in [0.25, 0.3) is 10.9 Å². The number of carbonyl (C=O) groups excluding carboxylic acids is 1. The number of aromatic nitrogens is 1. The number of rotatable bonds is 1. The van der Waals surface area contributed by atoms with Gasteiger partial charge in [-0.05, 0) is 24.6 Å². The average molecular weight is 272 g/mol. The summed E-state index contributed by atoms with van der Waals surface area (Å²) < 4.78 is 4.69. The first-order chi connectivity index (χ1) is 7.63. The molecule has 1 aromatic carbocycles. The molecule has 17 heavy (non-hydrogen) atoms. The number of nitrogens with zero attached hydrogens (tertiary/aromatic N) is 1. The molecule has 0 saturated heterocycles. The minimum atomic E-state index is -0.466. The van der Waals surface area contributed by atoms with Gasteiger partial charge in [-0.1, -0.05) is 17.7 Å². The standard InChI is InChI=1S/C12H10ClNO2.ClH/c1-7-5-8-3-4-9(13)10(12(15)16-2)11(8)14-6-7;/h3-6H,1-2H3;1H. The van der Waals surface area contributed by atoms with Crippen LogP contribution in [0.5, 0.6) is 0 Å². The summed E-state index contributed by atoms with van der Waals surface area (Å²) in [5, 5.41) is 1.24. The van der Waals surface area contributed by atoms with Gasteiger partial charge in [0.1, 0.15) is 5.56 Å². The van der Waals surface area contributed by atoms with Crippen LogP contribution in [0.2, 0.25) is 5.02 Å². The molecule has 2 aromatic rings. The van der Waals surface area contributed by atoms with E-state index in [1.54, 1.807) is 12.3 Å². The van der Waals surface area contributed by atoms with Crippen LogP contribution in [0.4, 0.5) is 0 Å². The summed E-state index contributed by atoms with van der Waals surface area (Å²) in [7, 11) is 1.33. The fourth-order valence-corrected chi connectivity index (χ4v) is 1.81. The Morgan fingerprint density at radius 3 is 2.76 bits per heavy atom. The Balaban J connectivity index is 0.00000144. The first kappa shape index (κ1) is 13.7. The van der Waals surface area contributed by atoms with E-state index in [0.29, 0.717) is 16.1 Å². The summed E-state index contributed by atoms with van der Waals surface area (Å²) >= 11 is 5.98. The second-order valence-corrected chi connectivity index (χ2v) is 3.91. The molecule has 0 unspecified atom stereocenters. The van der Waals surface area contributed by atoms with Crippen molar-refractivity contribution in [3.8, 4) is 0 Å². The summed E-state index contributed by atoms with van der Waals surface area (Å²) in [6.07, 6.45) is 1.70. The van der Waals surface area contributed by atoms with E-state index >= 15 is 0 Å². The molecule has 0 spiro atoms. The van der Waals surface area contributed by atoms with Crippen molar-refractivity contribution in [2.24, 2.45) is 0 Å². The Morgan fingerprint density at radius 1 is 1.41 bits per heavy atom. The molecular weight excluding hydrogens is 261 g/mol. The predicted molar refractivity (Wildman–Crippen MR) is 70.1 cm³/mol. The minimum Gasteiger partial charge on any atom is -0.465 e. The van der Waals surface area contributed by atoms with Crippen molar-refractivity contribution in [2.75, 3.05) is 7.11 Å². The third-order valence-corrected chi connectivity index (χ3v) is 2.64. The zero-order chi connectivity index (χ0) is 11.7. The van der Waals surface area contributed by atoms with Gasteiger partial charge in [-0.15, -0.1) is 12.4 Å². The molecule has 0 radical (unpaired) electrons. The molecular formula is C12H11Cl2NO2. The summed E-state index contributed by atoms with van der Waals surface area (Å²) in [6, 6.07) is 5.46. The maximum absolute atomic E-state index is 11.6. The molecule has 0 aliphatic carbocycles. The summed E-state index contributed by atoms with van der Waals surface area (Å²) in [6.45, 7) is 1.94. The average Bonchev–Trinajstić information content (AvgIpc) is 2.28. The second kappa shape index (κ2) is 5.34. The first-order valence-electron chi connectivity index (χ1n) is 4.76. The van der Waals surface area contributed by atoms with Crippen LogP contribution in [0.1, 0.15) is 15.9 Å². The molecule has 0 atom stereocenters. The predicted octanol–water partition coefficient (Wildman–Crippen LogP) is 3.41. The van der Waals surface area contributed by atoms with E-state index in [2.05, 4.69) is 4.98 Å². The highest BCUT2D eigenvalue weighted by molar-refractivity contribution is 6.35. The van der Waals surface area contributed by atoms with Gasteiger partial charge in [-0.2, -0.15) is 0 Å². The van der Waals surface area contributed by atoms with Gasteiger partial charge in [0.05, 0.1) is 17.6 Å². The number of pyridine rings is 1. The largest absolute Gasteiger partial charge is 0.465 e. The van der Waals surface area contributed by atoms with E-state index in [-0.39, 0.29) is 12.4 Å². The van der Waals surface area contributed by atoms with Gasteiger partial charge in [0.2, 0.25) is 0 Å². The van der Waals surface area contributed by atoms with Crippen molar-refractivity contribution >= 4 is 40.9 Å². The van der Waals surface area contributed by atoms with Crippen molar-refractivity contribution in [3.63, 3.8) is 0 Å². The Hall–Kier alpha value is -1.32. The van der Waals surface area contributed by atoms with E-state index in [1.807, 2.05) is 19.1 Å². The number of aryl methyl sites for hydroxylation is 1. The zero-order valence-corrected chi connectivity index (χ0v) is 10.9. The van der Waals surface area contributed by atoms with Crippen LogP contribution in [0.15, 0.2) is 24.4 Å². The Bertz CT molecular complexity index is 570. The molecule has 5 heteroatoms. The Labute approximate surface area is 110 Å². The maximum atomic E-state index is 11.6. The van der Waals surface area contributed by atoms with E-state index in [1.165, 1.54) is 7.11 Å². The normalized spacial score (nSPS) is 9.82. The number of methoxy groups -OCH3 is 1. The molecule has 2 rings (SSSR count). The van der Waals surface area contributed by atoms with Gasteiger partial charge in [-0.25, -0.2) is 4.79 Å². The lowest BCUT2D eigenvalue weighted by atomic mass is 10.1. The molecule has 90 valence electrons. The van der Waals surface area contributed by atoms with Gasteiger partial charge >= 0.3 is 5.97 Å². The van der Waals surface area contributed by atoms with Crippen molar-refractivity contribution in [1.29, 1.82) is 0 Å². The molecule has 0 fully saturated rings. The van der Waals surface area contributed by atoms with Gasteiger partial charge in [0.25, 0.3) is 0 Å². The minimum absolute atomic E-state index is 0. The second-order valence-electron chi connectivity index (χ2n) is 3.50. The monoisotopic (exact) mass is 271 g/mol. The Morgan fingerprint density at radius 2 is 2.12 bits per heavy atom. The van der Waals surface area contributed by atoms with Crippen LogP contribution in [-0.2, 0) is 4.74 Å². The smallest absolute Gasteiger partial charge is 0.341 e. The summed E-state index contributed by atoms with van der Waals surface area (Å²) in [5.41, 5.74) is 1.93.